The zero-order chi connectivity index (χ0) is 17.5. The van der Waals surface area contributed by atoms with E-state index in [1.807, 2.05) is 56.3 Å². The highest BCUT2D eigenvalue weighted by Gasteiger charge is 2.14. The lowest BCUT2D eigenvalue weighted by Gasteiger charge is -2.12. The molecule has 2 aromatic carbocycles. The molecule has 1 amide bonds. The number of anilines is 1. The van der Waals surface area contributed by atoms with Gasteiger partial charge in [0.2, 0.25) is 0 Å². The van der Waals surface area contributed by atoms with Crippen LogP contribution >= 0.6 is 15.9 Å². The SMILES string of the molecule is Cc1ccc(NC(=O)COC(=O)CC(C)c2ccccc2)c(Br)c1. The molecule has 1 unspecified atom stereocenters. The molecule has 0 spiro atoms. The molecule has 1 N–H and O–H groups in total. The minimum atomic E-state index is -0.385. The lowest BCUT2D eigenvalue weighted by Crippen LogP contribution is -2.21. The van der Waals surface area contributed by atoms with Crippen LogP contribution in [0.15, 0.2) is 53.0 Å². The largest absolute Gasteiger partial charge is 0.456 e. The van der Waals surface area contributed by atoms with Crippen molar-refractivity contribution < 1.29 is 14.3 Å². The lowest BCUT2D eigenvalue weighted by atomic mass is 9.98. The van der Waals surface area contributed by atoms with E-state index in [9.17, 15) is 9.59 Å². The predicted molar refractivity (Wildman–Crippen MR) is 97.9 cm³/mol. The number of hydrogen-bond donors (Lipinski definition) is 1. The molecule has 0 radical (unpaired) electrons. The number of ether oxygens (including phenoxy) is 1. The van der Waals surface area contributed by atoms with Gasteiger partial charge in [-0.05, 0) is 52.0 Å². The Bertz CT molecular complexity index is 716. The number of carbonyl (C=O) groups is 2. The average molecular weight is 390 g/mol. The van der Waals surface area contributed by atoms with Crippen LogP contribution in [0.5, 0.6) is 0 Å². The summed E-state index contributed by atoms with van der Waals surface area (Å²) in [6.45, 7) is 3.63. The third-order valence-corrected chi connectivity index (χ3v) is 4.26. The second-order valence-corrected chi connectivity index (χ2v) is 6.56. The molecule has 2 aromatic rings. The minimum Gasteiger partial charge on any atom is -0.456 e. The van der Waals surface area contributed by atoms with Crippen molar-refractivity contribution in [2.24, 2.45) is 0 Å². The fourth-order valence-corrected chi connectivity index (χ4v) is 2.85. The van der Waals surface area contributed by atoms with E-state index in [1.54, 1.807) is 6.07 Å². The summed E-state index contributed by atoms with van der Waals surface area (Å²) in [4.78, 5) is 23.8. The third kappa shape index (κ3) is 5.49. The quantitative estimate of drug-likeness (QED) is 0.743. The number of aryl methyl sites for hydroxylation is 1. The summed E-state index contributed by atoms with van der Waals surface area (Å²) in [7, 11) is 0. The number of rotatable bonds is 6. The van der Waals surface area contributed by atoms with Gasteiger partial charge in [0.25, 0.3) is 5.91 Å². The van der Waals surface area contributed by atoms with Gasteiger partial charge < -0.3 is 10.1 Å². The van der Waals surface area contributed by atoms with E-state index < -0.39 is 0 Å². The van der Waals surface area contributed by atoms with Crippen molar-refractivity contribution in [1.29, 1.82) is 0 Å². The van der Waals surface area contributed by atoms with Crippen molar-refractivity contribution in [2.75, 3.05) is 11.9 Å². The van der Waals surface area contributed by atoms with Crippen molar-refractivity contribution in [2.45, 2.75) is 26.2 Å². The first kappa shape index (κ1) is 18.2. The van der Waals surface area contributed by atoms with Gasteiger partial charge in [-0.25, -0.2) is 0 Å². The highest BCUT2D eigenvalue weighted by molar-refractivity contribution is 9.10. The Labute approximate surface area is 150 Å². The van der Waals surface area contributed by atoms with Crippen LogP contribution in [0.1, 0.15) is 30.4 Å². The molecule has 4 nitrogen and oxygen atoms in total. The Balaban J connectivity index is 1.80. The van der Waals surface area contributed by atoms with Gasteiger partial charge in [0, 0.05) is 4.47 Å². The smallest absolute Gasteiger partial charge is 0.306 e. The molecular weight excluding hydrogens is 370 g/mol. The summed E-state index contributed by atoms with van der Waals surface area (Å²) in [6.07, 6.45) is 0.242. The number of nitrogens with one attached hydrogen (secondary N) is 1. The average Bonchev–Trinajstić information content (AvgIpc) is 2.56. The number of amides is 1. The molecule has 0 heterocycles. The molecule has 5 heteroatoms. The molecule has 24 heavy (non-hydrogen) atoms. The zero-order valence-electron chi connectivity index (χ0n) is 13.7. The molecule has 0 saturated heterocycles. The van der Waals surface area contributed by atoms with Crippen molar-refractivity contribution in [3.63, 3.8) is 0 Å². The summed E-state index contributed by atoms with van der Waals surface area (Å²) in [6, 6.07) is 15.4. The molecule has 0 aliphatic carbocycles. The van der Waals surface area contributed by atoms with Crippen molar-refractivity contribution in [1.82, 2.24) is 0 Å². The van der Waals surface area contributed by atoms with Crippen LogP contribution in [0.2, 0.25) is 0 Å². The van der Waals surface area contributed by atoms with Crippen molar-refractivity contribution in [3.8, 4) is 0 Å². The van der Waals surface area contributed by atoms with E-state index in [-0.39, 0.29) is 30.8 Å². The van der Waals surface area contributed by atoms with Gasteiger partial charge in [-0.1, -0.05) is 43.3 Å². The normalized spacial score (nSPS) is 11.6. The standard InChI is InChI=1S/C19H20BrNO3/c1-13-8-9-17(16(20)10-13)21-18(22)12-24-19(23)11-14(2)15-6-4-3-5-7-15/h3-10,14H,11-12H2,1-2H3,(H,21,22). The van der Waals surface area contributed by atoms with Crippen LogP contribution in [0.25, 0.3) is 0 Å². The highest BCUT2D eigenvalue weighted by Crippen LogP contribution is 2.23. The van der Waals surface area contributed by atoms with Gasteiger partial charge in [0.1, 0.15) is 0 Å². The molecule has 126 valence electrons. The zero-order valence-corrected chi connectivity index (χ0v) is 15.3. The summed E-state index contributed by atoms with van der Waals surface area (Å²) in [5, 5.41) is 2.71. The number of hydrogen-bond acceptors (Lipinski definition) is 3. The molecule has 0 aromatic heterocycles. The maximum Gasteiger partial charge on any atom is 0.306 e. The molecule has 0 bridgehead atoms. The van der Waals surface area contributed by atoms with Gasteiger partial charge in [-0.3, -0.25) is 9.59 Å². The van der Waals surface area contributed by atoms with Gasteiger partial charge in [0.05, 0.1) is 12.1 Å². The monoisotopic (exact) mass is 389 g/mol. The predicted octanol–water partition coefficient (Wildman–Crippen LogP) is 4.43. The fraction of sp³-hybridized carbons (Fsp3) is 0.263. The first-order valence-electron chi connectivity index (χ1n) is 7.72. The maximum atomic E-state index is 11.9. The van der Waals surface area contributed by atoms with Gasteiger partial charge in [-0.15, -0.1) is 0 Å². The molecule has 0 aliphatic rings. The number of carbonyl (C=O) groups excluding carboxylic acids is 2. The topological polar surface area (TPSA) is 55.4 Å². The van der Waals surface area contributed by atoms with E-state index in [1.165, 1.54) is 0 Å². The summed E-state index contributed by atoms with van der Waals surface area (Å²) in [5.41, 5.74) is 2.81. The van der Waals surface area contributed by atoms with Crippen LogP contribution < -0.4 is 5.32 Å². The van der Waals surface area contributed by atoms with Crippen LogP contribution in [0.3, 0.4) is 0 Å². The molecule has 0 aliphatic heterocycles. The van der Waals surface area contributed by atoms with E-state index in [0.29, 0.717) is 5.69 Å². The molecule has 0 fully saturated rings. The van der Waals surface area contributed by atoms with Gasteiger partial charge in [-0.2, -0.15) is 0 Å². The Hall–Kier alpha value is -2.14. The maximum absolute atomic E-state index is 11.9. The minimum absolute atomic E-state index is 0.0491. The van der Waals surface area contributed by atoms with Crippen molar-refractivity contribution >= 4 is 33.5 Å². The van der Waals surface area contributed by atoms with E-state index in [2.05, 4.69) is 21.2 Å². The van der Waals surface area contributed by atoms with Crippen LogP contribution in [-0.4, -0.2) is 18.5 Å². The van der Waals surface area contributed by atoms with Crippen LogP contribution in [0.4, 0.5) is 5.69 Å². The first-order chi connectivity index (χ1) is 11.5. The summed E-state index contributed by atoms with van der Waals surface area (Å²) < 4.78 is 5.86. The first-order valence-corrected chi connectivity index (χ1v) is 8.51. The van der Waals surface area contributed by atoms with E-state index >= 15 is 0 Å². The van der Waals surface area contributed by atoms with Crippen LogP contribution in [0, 0.1) is 6.92 Å². The molecule has 2 rings (SSSR count). The van der Waals surface area contributed by atoms with E-state index in [4.69, 9.17) is 4.74 Å². The Morgan fingerprint density at radius 1 is 1.17 bits per heavy atom. The molecular formula is C19H20BrNO3. The summed E-state index contributed by atoms with van der Waals surface area (Å²) in [5.74, 6) is -0.697. The highest BCUT2D eigenvalue weighted by atomic mass is 79.9. The third-order valence-electron chi connectivity index (χ3n) is 3.60. The Morgan fingerprint density at radius 2 is 1.88 bits per heavy atom. The Morgan fingerprint density at radius 3 is 2.54 bits per heavy atom. The molecule has 1 atom stereocenters. The van der Waals surface area contributed by atoms with Crippen molar-refractivity contribution in [3.05, 3.63) is 64.1 Å². The Kier molecular flexibility index (Phi) is 6.55. The molecule has 0 saturated carbocycles. The van der Waals surface area contributed by atoms with Gasteiger partial charge >= 0.3 is 5.97 Å². The fourth-order valence-electron chi connectivity index (χ4n) is 2.26. The van der Waals surface area contributed by atoms with Crippen LogP contribution in [-0.2, 0) is 14.3 Å². The number of halogens is 1. The lowest BCUT2D eigenvalue weighted by molar-refractivity contribution is -0.147. The number of esters is 1. The van der Waals surface area contributed by atoms with Gasteiger partial charge in [0.15, 0.2) is 6.61 Å². The summed E-state index contributed by atoms with van der Waals surface area (Å²) >= 11 is 3.39. The number of benzene rings is 2. The second kappa shape index (κ2) is 8.64. The van der Waals surface area contributed by atoms with E-state index in [0.717, 1.165) is 15.6 Å². The second-order valence-electron chi connectivity index (χ2n) is 5.71.